The average molecular weight is 313 g/mol. The van der Waals surface area contributed by atoms with Crippen LogP contribution in [0.15, 0.2) is 36.4 Å². The van der Waals surface area contributed by atoms with Crippen LogP contribution in [0.1, 0.15) is 22.3 Å². The Morgan fingerprint density at radius 3 is 2.70 bits per heavy atom. The van der Waals surface area contributed by atoms with Gasteiger partial charge in [0.25, 0.3) is 5.91 Å². The monoisotopic (exact) mass is 313 g/mol. The third kappa shape index (κ3) is 2.70. The van der Waals surface area contributed by atoms with E-state index < -0.39 is 0 Å². The minimum Gasteiger partial charge on any atom is -0.507 e. The number of carbonyl (C=O) groups excluding carboxylic acids is 1. The lowest BCUT2D eigenvalue weighted by atomic mass is 10.0. The fourth-order valence-corrected chi connectivity index (χ4v) is 2.95. The lowest BCUT2D eigenvalue weighted by Gasteiger charge is -2.30. The predicted octanol–water partition coefficient (Wildman–Crippen LogP) is 3.00. The van der Waals surface area contributed by atoms with E-state index in [2.05, 4.69) is 0 Å². The Kier molecular flexibility index (Phi) is 4.10. The highest BCUT2D eigenvalue weighted by atomic mass is 16.5. The van der Waals surface area contributed by atoms with Gasteiger partial charge in [-0.3, -0.25) is 4.79 Å². The van der Waals surface area contributed by atoms with Crippen LogP contribution in [-0.2, 0) is 6.42 Å². The van der Waals surface area contributed by atoms with Crippen molar-refractivity contribution in [1.82, 2.24) is 0 Å². The maximum Gasteiger partial charge on any atom is 0.265 e. The summed E-state index contributed by atoms with van der Waals surface area (Å²) in [6.45, 7) is 0.616. The van der Waals surface area contributed by atoms with Crippen LogP contribution in [-0.4, -0.2) is 31.8 Å². The van der Waals surface area contributed by atoms with Gasteiger partial charge >= 0.3 is 0 Å². The molecule has 0 saturated carbocycles. The highest BCUT2D eigenvalue weighted by molar-refractivity contribution is 6.10. The van der Waals surface area contributed by atoms with Crippen LogP contribution in [0.4, 0.5) is 5.69 Å². The van der Waals surface area contributed by atoms with Crippen molar-refractivity contribution >= 4 is 11.6 Å². The van der Waals surface area contributed by atoms with Crippen molar-refractivity contribution in [3.63, 3.8) is 0 Å². The summed E-state index contributed by atoms with van der Waals surface area (Å²) < 4.78 is 10.4. The van der Waals surface area contributed by atoms with Crippen LogP contribution >= 0.6 is 0 Å². The first-order valence-electron chi connectivity index (χ1n) is 7.50. The highest BCUT2D eigenvalue weighted by Crippen LogP contribution is 2.36. The zero-order valence-corrected chi connectivity index (χ0v) is 13.2. The predicted molar refractivity (Wildman–Crippen MR) is 87.7 cm³/mol. The first-order valence-corrected chi connectivity index (χ1v) is 7.50. The van der Waals surface area contributed by atoms with Gasteiger partial charge in [-0.05, 0) is 24.5 Å². The topological polar surface area (TPSA) is 59.0 Å². The Balaban J connectivity index is 2.05. The lowest BCUT2D eigenvalue weighted by Crippen LogP contribution is -2.35. The van der Waals surface area contributed by atoms with Crippen molar-refractivity contribution < 1.29 is 19.4 Å². The summed E-state index contributed by atoms with van der Waals surface area (Å²) in [6, 6.07) is 10.9. The van der Waals surface area contributed by atoms with Crippen LogP contribution in [0.25, 0.3) is 0 Å². The summed E-state index contributed by atoms with van der Waals surface area (Å²) in [5, 5.41) is 10.3. The molecule has 120 valence electrons. The Morgan fingerprint density at radius 1 is 1.17 bits per heavy atom. The molecular weight excluding hydrogens is 294 g/mol. The normalized spacial score (nSPS) is 13.4. The number of phenols is 1. The number of hydrogen-bond donors (Lipinski definition) is 1. The summed E-state index contributed by atoms with van der Waals surface area (Å²) in [7, 11) is 2.96. The van der Waals surface area contributed by atoms with Gasteiger partial charge in [0, 0.05) is 24.4 Å². The number of ether oxygens (including phenoxy) is 2. The van der Waals surface area contributed by atoms with E-state index in [4.69, 9.17) is 9.47 Å². The average Bonchev–Trinajstić information content (AvgIpc) is 2.59. The summed E-state index contributed by atoms with van der Waals surface area (Å²) in [4.78, 5) is 14.7. The fourth-order valence-electron chi connectivity index (χ4n) is 2.95. The Labute approximate surface area is 135 Å². The maximum absolute atomic E-state index is 13.0. The quantitative estimate of drug-likeness (QED) is 0.946. The molecule has 0 aliphatic carbocycles. The number of fused-ring (bicyclic) bond motifs is 1. The van der Waals surface area contributed by atoms with Crippen molar-refractivity contribution in [2.24, 2.45) is 0 Å². The van der Waals surface area contributed by atoms with Crippen LogP contribution < -0.4 is 14.4 Å². The standard InChI is InChI=1S/C18H19NO4/c1-22-13-10-15(20)17(16(11-13)23-2)18(21)19-9-5-7-12-6-3-4-8-14(12)19/h3-4,6,8,10-11,20H,5,7,9H2,1-2H3. The van der Waals surface area contributed by atoms with E-state index in [1.165, 1.54) is 20.3 Å². The molecule has 2 aromatic carbocycles. The molecule has 1 heterocycles. The maximum atomic E-state index is 13.0. The van der Waals surface area contributed by atoms with Crippen LogP contribution in [0, 0.1) is 0 Å². The molecule has 3 rings (SSSR count). The Hall–Kier alpha value is -2.69. The third-order valence-corrected chi connectivity index (χ3v) is 4.08. The summed E-state index contributed by atoms with van der Waals surface area (Å²) in [5.41, 5.74) is 2.19. The molecule has 0 unspecified atom stereocenters. The minimum atomic E-state index is -0.269. The van der Waals surface area contributed by atoms with Crippen molar-refractivity contribution in [1.29, 1.82) is 0 Å². The number of benzene rings is 2. The number of aryl methyl sites for hydroxylation is 1. The van der Waals surface area contributed by atoms with Crippen molar-refractivity contribution in [2.45, 2.75) is 12.8 Å². The van der Waals surface area contributed by atoms with Gasteiger partial charge in [-0.15, -0.1) is 0 Å². The van der Waals surface area contributed by atoms with E-state index in [1.807, 2.05) is 24.3 Å². The van der Waals surface area contributed by atoms with Gasteiger partial charge in [0.1, 0.15) is 22.8 Å². The Morgan fingerprint density at radius 2 is 1.96 bits per heavy atom. The van der Waals surface area contributed by atoms with E-state index in [0.717, 1.165) is 24.1 Å². The van der Waals surface area contributed by atoms with Gasteiger partial charge in [0.2, 0.25) is 0 Å². The molecule has 5 heteroatoms. The first-order chi connectivity index (χ1) is 11.2. The molecular formula is C18H19NO4. The van der Waals surface area contributed by atoms with Gasteiger partial charge in [0.15, 0.2) is 0 Å². The highest BCUT2D eigenvalue weighted by Gasteiger charge is 2.28. The molecule has 0 spiro atoms. The SMILES string of the molecule is COc1cc(O)c(C(=O)N2CCCc3ccccc32)c(OC)c1. The van der Waals surface area contributed by atoms with Crippen LogP contribution in [0.3, 0.4) is 0 Å². The molecule has 23 heavy (non-hydrogen) atoms. The molecule has 0 saturated heterocycles. The molecule has 0 bridgehead atoms. The molecule has 2 aromatic rings. The lowest BCUT2D eigenvalue weighted by molar-refractivity contribution is 0.0979. The molecule has 0 atom stereocenters. The largest absolute Gasteiger partial charge is 0.507 e. The number of amides is 1. The van der Waals surface area contributed by atoms with E-state index in [9.17, 15) is 9.90 Å². The van der Waals surface area contributed by atoms with Crippen molar-refractivity contribution in [2.75, 3.05) is 25.7 Å². The van der Waals surface area contributed by atoms with E-state index in [1.54, 1.807) is 11.0 Å². The Bertz CT molecular complexity index is 742. The molecule has 5 nitrogen and oxygen atoms in total. The summed E-state index contributed by atoms with van der Waals surface area (Å²) >= 11 is 0. The molecule has 0 fully saturated rings. The summed E-state index contributed by atoms with van der Waals surface area (Å²) in [5.74, 6) is 0.327. The minimum absolute atomic E-state index is 0.144. The van der Waals surface area contributed by atoms with E-state index in [0.29, 0.717) is 18.0 Å². The number of nitrogens with zero attached hydrogens (tertiary/aromatic N) is 1. The number of aromatic hydroxyl groups is 1. The van der Waals surface area contributed by atoms with Gasteiger partial charge in [0.05, 0.1) is 14.2 Å². The molecule has 1 aliphatic rings. The number of anilines is 1. The number of carbonyl (C=O) groups is 1. The molecule has 1 aliphatic heterocycles. The molecule has 0 aromatic heterocycles. The molecule has 1 N–H and O–H groups in total. The fraction of sp³-hybridized carbons (Fsp3) is 0.278. The number of para-hydroxylation sites is 1. The second-order valence-corrected chi connectivity index (χ2v) is 5.41. The van der Waals surface area contributed by atoms with Crippen LogP contribution in [0.5, 0.6) is 17.2 Å². The second-order valence-electron chi connectivity index (χ2n) is 5.41. The zero-order valence-electron chi connectivity index (χ0n) is 13.2. The number of methoxy groups -OCH3 is 2. The van der Waals surface area contributed by atoms with Crippen LogP contribution in [0.2, 0.25) is 0 Å². The van der Waals surface area contributed by atoms with Gasteiger partial charge in [-0.25, -0.2) is 0 Å². The van der Waals surface area contributed by atoms with E-state index in [-0.39, 0.29) is 17.2 Å². The van der Waals surface area contributed by atoms with Gasteiger partial charge in [-0.2, -0.15) is 0 Å². The smallest absolute Gasteiger partial charge is 0.265 e. The molecule has 1 amide bonds. The number of rotatable bonds is 3. The second kappa shape index (κ2) is 6.20. The van der Waals surface area contributed by atoms with E-state index >= 15 is 0 Å². The van der Waals surface area contributed by atoms with Gasteiger partial charge in [-0.1, -0.05) is 18.2 Å². The summed E-state index contributed by atoms with van der Waals surface area (Å²) in [6.07, 6.45) is 1.84. The van der Waals surface area contributed by atoms with Crippen molar-refractivity contribution in [3.8, 4) is 17.2 Å². The number of hydrogen-bond acceptors (Lipinski definition) is 4. The first kappa shape index (κ1) is 15.2. The van der Waals surface area contributed by atoms with Crippen molar-refractivity contribution in [3.05, 3.63) is 47.5 Å². The zero-order chi connectivity index (χ0) is 16.4. The van der Waals surface area contributed by atoms with Gasteiger partial charge < -0.3 is 19.5 Å². The third-order valence-electron chi connectivity index (χ3n) is 4.08. The molecule has 0 radical (unpaired) electrons. The number of phenolic OH excluding ortho intramolecular Hbond substituents is 1.